The largest absolute Gasteiger partial charge is 0.744 e. The normalized spacial score (nSPS) is 16.5. The number of rotatable bonds is 11. The Morgan fingerprint density at radius 3 is 1.69 bits per heavy atom. The molecule has 4 aromatic carbocycles. The van der Waals surface area contributed by atoms with E-state index in [4.69, 9.17) is 9.47 Å². The lowest BCUT2D eigenvalue weighted by Gasteiger charge is -2.27. The van der Waals surface area contributed by atoms with Gasteiger partial charge in [0.25, 0.3) is 0 Å². The molecule has 0 saturated carbocycles. The fourth-order valence-electron chi connectivity index (χ4n) is 5.37. The van der Waals surface area contributed by atoms with Gasteiger partial charge in [-0.25, -0.2) is 8.42 Å². The lowest BCUT2D eigenvalue weighted by molar-refractivity contribution is -0.137. The molecule has 1 heterocycles. The van der Waals surface area contributed by atoms with E-state index in [0.717, 1.165) is 31.0 Å². The van der Waals surface area contributed by atoms with Gasteiger partial charge >= 0.3 is 0 Å². The number of hydrogen-bond acceptors (Lipinski definition) is 5. The van der Waals surface area contributed by atoms with E-state index in [9.17, 15) is 13.0 Å². The highest BCUT2D eigenvalue weighted by Gasteiger charge is 2.44. The molecule has 0 amide bonds. The minimum atomic E-state index is -4.27. The number of hydrogen-bond donors (Lipinski definition) is 0. The van der Waals surface area contributed by atoms with Gasteiger partial charge < -0.3 is 14.0 Å². The summed E-state index contributed by atoms with van der Waals surface area (Å²) in [6.07, 6.45) is 13.3. The average molecular weight is 643 g/mol. The van der Waals surface area contributed by atoms with Gasteiger partial charge in [-0.2, -0.15) is 0 Å². The standard InChI is InChI=1S/C31H36O2P.C7H8O3S/c1-31(2)32-26-27(33-31)18-10-5-3-4-6-17-25-34(28-19-11-7-12-20-28,29-21-13-8-14-22-29)30-23-15-9-16-24-30;1-6-2-4-7(5-3-6)11(8,9)10/h4-16,19-24,27H,3,17-18,25-26H2,1-2H3;2-5H,1H3,(H,8,9,10)/q+1;/p-1/b6-4-,10-5-;. The van der Waals surface area contributed by atoms with Crippen LogP contribution in [0.1, 0.15) is 38.7 Å². The van der Waals surface area contributed by atoms with Gasteiger partial charge in [-0.15, -0.1) is 0 Å². The number of ether oxygens (including phenoxy) is 2. The Kier molecular flexibility index (Phi) is 12.5. The highest BCUT2D eigenvalue weighted by Crippen LogP contribution is 2.55. The van der Waals surface area contributed by atoms with Gasteiger partial charge in [-0.05, 0) is 82.1 Å². The number of aryl methyl sites for hydroxylation is 1. The van der Waals surface area contributed by atoms with Crippen molar-refractivity contribution in [1.82, 2.24) is 0 Å². The number of benzene rings is 4. The molecule has 1 aliphatic rings. The van der Waals surface area contributed by atoms with Gasteiger partial charge in [0.1, 0.15) is 33.3 Å². The third kappa shape index (κ3) is 10.1. The zero-order valence-corrected chi connectivity index (χ0v) is 28.0. The first-order chi connectivity index (χ1) is 21.6. The van der Waals surface area contributed by atoms with Gasteiger partial charge in [-0.1, -0.05) is 96.6 Å². The molecule has 1 atom stereocenters. The van der Waals surface area contributed by atoms with E-state index in [1.54, 1.807) is 12.1 Å². The molecule has 1 fully saturated rings. The molecule has 0 spiro atoms. The molecule has 5 rings (SSSR count). The van der Waals surface area contributed by atoms with E-state index in [-0.39, 0.29) is 11.0 Å². The summed E-state index contributed by atoms with van der Waals surface area (Å²) >= 11 is 0. The SMILES string of the molecule is CC1(C)OCC(C/C=C\C/C=C\CC[P+](c2ccccc2)(c2ccccc2)c2ccccc2)O1.Cc1ccc(S(=O)(=O)[O-])cc1. The van der Waals surface area contributed by atoms with Gasteiger partial charge in [0.05, 0.1) is 23.8 Å². The van der Waals surface area contributed by atoms with Crippen molar-refractivity contribution >= 4 is 33.3 Å². The maximum Gasteiger partial charge on any atom is 0.163 e. The van der Waals surface area contributed by atoms with E-state index in [1.807, 2.05) is 20.8 Å². The summed E-state index contributed by atoms with van der Waals surface area (Å²) in [7, 11) is -6.01. The quantitative estimate of drug-likeness (QED) is 0.0974. The van der Waals surface area contributed by atoms with E-state index >= 15 is 0 Å². The fourth-order valence-corrected chi connectivity index (χ4v) is 10.1. The zero-order valence-electron chi connectivity index (χ0n) is 26.3. The summed E-state index contributed by atoms with van der Waals surface area (Å²) in [5.74, 6) is -0.440. The van der Waals surface area contributed by atoms with Crippen LogP contribution in [-0.4, -0.2) is 37.6 Å². The second-order valence-electron chi connectivity index (χ2n) is 11.5. The van der Waals surface area contributed by atoms with E-state index in [0.29, 0.717) is 6.61 Å². The third-order valence-corrected chi connectivity index (χ3v) is 12.9. The van der Waals surface area contributed by atoms with Crippen LogP contribution in [0.2, 0.25) is 0 Å². The van der Waals surface area contributed by atoms with Crippen LogP contribution in [0, 0.1) is 6.92 Å². The Balaban J connectivity index is 0.000000354. The van der Waals surface area contributed by atoms with Crippen LogP contribution < -0.4 is 15.9 Å². The molecule has 1 saturated heterocycles. The van der Waals surface area contributed by atoms with Crippen LogP contribution >= 0.6 is 7.26 Å². The van der Waals surface area contributed by atoms with Crippen molar-refractivity contribution < 1.29 is 22.4 Å². The van der Waals surface area contributed by atoms with Crippen molar-refractivity contribution in [3.63, 3.8) is 0 Å². The summed E-state index contributed by atoms with van der Waals surface area (Å²) < 4.78 is 42.7. The maximum absolute atomic E-state index is 10.4. The predicted molar refractivity (Wildman–Crippen MR) is 186 cm³/mol. The Labute approximate surface area is 269 Å². The lowest BCUT2D eigenvalue weighted by atomic mass is 10.2. The molecule has 45 heavy (non-hydrogen) atoms. The minimum Gasteiger partial charge on any atom is -0.744 e. The molecule has 5 nitrogen and oxygen atoms in total. The molecule has 0 N–H and O–H groups in total. The summed E-state index contributed by atoms with van der Waals surface area (Å²) in [6, 6.07) is 39.1. The van der Waals surface area contributed by atoms with E-state index < -0.39 is 23.2 Å². The van der Waals surface area contributed by atoms with Crippen LogP contribution in [0.3, 0.4) is 0 Å². The van der Waals surface area contributed by atoms with Crippen LogP contribution in [-0.2, 0) is 19.6 Å². The monoisotopic (exact) mass is 642 g/mol. The van der Waals surface area contributed by atoms with Gasteiger partial charge in [0, 0.05) is 6.42 Å². The first-order valence-electron chi connectivity index (χ1n) is 15.3. The molecule has 1 aliphatic heterocycles. The topological polar surface area (TPSA) is 75.7 Å². The van der Waals surface area contributed by atoms with Gasteiger partial charge in [0.15, 0.2) is 5.79 Å². The minimum absolute atomic E-state index is 0.170. The van der Waals surface area contributed by atoms with Crippen molar-refractivity contribution in [2.75, 3.05) is 12.8 Å². The molecule has 4 aromatic rings. The Hall–Kier alpha value is -3.38. The molecule has 0 aliphatic carbocycles. The van der Waals surface area contributed by atoms with E-state index in [1.165, 1.54) is 28.0 Å². The van der Waals surface area contributed by atoms with Crippen molar-refractivity contribution in [2.45, 2.75) is 56.8 Å². The summed E-state index contributed by atoms with van der Waals surface area (Å²) in [4.78, 5) is -0.178. The highest BCUT2D eigenvalue weighted by molar-refractivity contribution is 7.95. The van der Waals surface area contributed by atoms with Crippen molar-refractivity contribution in [1.29, 1.82) is 0 Å². The van der Waals surface area contributed by atoms with Crippen LogP contribution in [0.25, 0.3) is 0 Å². The second kappa shape index (κ2) is 16.3. The van der Waals surface area contributed by atoms with Gasteiger partial charge in [-0.3, -0.25) is 0 Å². The molecular formula is C38H43O5PS. The number of allylic oxidation sites excluding steroid dienone is 3. The summed E-state index contributed by atoms with van der Waals surface area (Å²) in [6.45, 7) is 6.45. The fraction of sp³-hybridized carbons (Fsp3) is 0.263. The predicted octanol–water partition coefficient (Wildman–Crippen LogP) is 7.31. The first kappa shape index (κ1) is 34.5. The molecule has 0 radical (unpaired) electrons. The molecule has 7 heteroatoms. The van der Waals surface area contributed by atoms with Crippen LogP contribution in [0.15, 0.2) is 144 Å². The molecule has 1 unspecified atom stereocenters. The average Bonchev–Trinajstić information content (AvgIpc) is 3.40. The molecule has 236 valence electrons. The van der Waals surface area contributed by atoms with Crippen molar-refractivity contribution in [2.24, 2.45) is 0 Å². The van der Waals surface area contributed by atoms with Crippen molar-refractivity contribution in [3.8, 4) is 0 Å². The molecule has 0 bridgehead atoms. The van der Waals surface area contributed by atoms with Gasteiger partial charge in [0.2, 0.25) is 0 Å². The molecule has 0 aromatic heterocycles. The van der Waals surface area contributed by atoms with Crippen molar-refractivity contribution in [3.05, 3.63) is 145 Å². The van der Waals surface area contributed by atoms with Crippen LogP contribution in [0.5, 0.6) is 0 Å². The Morgan fingerprint density at radius 1 is 0.756 bits per heavy atom. The molecular weight excluding hydrogens is 599 g/mol. The highest BCUT2D eigenvalue weighted by atomic mass is 32.2. The lowest BCUT2D eigenvalue weighted by Crippen LogP contribution is -2.33. The van der Waals surface area contributed by atoms with Crippen LogP contribution in [0.4, 0.5) is 0 Å². The summed E-state index contributed by atoms with van der Waals surface area (Å²) in [5.41, 5.74) is 0.928. The smallest absolute Gasteiger partial charge is 0.163 e. The first-order valence-corrected chi connectivity index (χ1v) is 18.7. The third-order valence-electron chi connectivity index (χ3n) is 7.60. The summed E-state index contributed by atoms with van der Waals surface area (Å²) in [5, 5.41) is 4.34. The zero-order chi connectivity index (χ0) is 32.2. The Morgan fingerprint density at radius 2 is 1.24 bits per heavy atom. The maximum atomic E-state index is 10.4. The second-order valence-corrected chi connectivity index (χ2v) is 16.5. The van der Waals surface area contributed by atoms with E-state index in [2.05, 4.69) is 115 Å². The Bertz CT molecular complexity index is 1520.